The van der Waals surface area contributed by atoms with Crippen LogP contribution in [0.5, 0.6) is 0 Å². The fourth-order valence-corrected chi connectivity index (χ4v) is 4.56. The molecule has 0 aliphatic carbocycles. The number of ether oxygens (including phenoxy) is 4. The van der Waals surface area contributed by atoms with Gasteiger partial charge in [-0.15, -0.1) is 0 Å². The molecular weight excluding hydrogens is 400 g/mol. The quantitative estimate of drug-likeness (QED) is 0.385. The first-order chi connectivity index (χ1) is 14.7. The van der Waals surface area contributed by atoms with Gasteiger partial charge in [0.25, 0.3) is 0 Å². The van der Waals surface area contributed by atoms with Crippen molar-refractivity contribution in [2.24, 2.45) is 0 Å². The minimum atomic E-state index is -0.430. The molecule has 1 fully saturated rings. The Labute approximate surface area is 186 Å². The number of aliphatic hydroxyl groups excluding tert-OH is 1. The number of hydrogen-bond donors (Lipinski definition) is 1. The SMILES string of the molecule is CCCCOC1C(CO)OC(Sc2ccccc2)C(OCCCC)C1OCCCC. The van der Waals surface area contributed by atoms with Gasteiger partial charge in [-0.05, 0) is 31.4 Å². The highest BCUT2D eigenvalue weighted by molar-refractivity contribution is 7.99. The second kappa shape index (κ2) is 15.2. The van der Waals surface area contributed by atoms with Crippen LogP contribution in [-0.2, 0) is 18.9 Å². The standard InChI is InChI=1S/C24H40O5S/c1-4-7-15-26-21-20(18-25)29-24(30-19-13-11-10-12-14-19)23(28-17-9-6-3)22(21)27-16-8-5-2/h10-14,20-25H,4-9,15-18H2,1-3H3. The van der Waals surface area contributed by atoms with Gasteiger partial charge in [0.1, 0.15) is 29.9 Å². The molecule has 0 saturated carbocycles. The summed E-state index contributed by atoms with van der Waals surface area (Å²) in [5.74, 6) is 0. The highest BCUT2D eigenvalue weighted by atomic mass is 32.2. The van der Waals surface area contributed by atoms with E-state index < -0.39 is 6.10 Å². The Balaban J connectivity index is 2.23. The summed E-state index contributed by atoms with van der Waals surface area (Å²) >= 11 is 1.63. The number of hydrogen-bond acceptors (Lipinski definition) is 6. The zero-order valence-corrected chi connectivity index (χ0v) is 19.6. The third-order valence-corrected chi connectivity index (χ3v) is 6.35. The second-order valence-corrected chi connectivity index (χ2v) is 8.90. The summed E-state index contributed by atoms with van der Waals surface area (Å²) in [6, 6.07) is 10.2. The molecule has 5 unspecified atom stereocenters. The molecule has 0 amide bonds. The van der Waals surface area contributed by atoms with Crippen molar-refractivity contribution < 1.29 is 24.1 Å². The second-order valence-electron chi connectivity index (χ2n) is 7.72. The van der Waals surface area contributed by atoms with E-state index in [0.29, 0.717) is 19.8 Å². The lowest BCUT2D eigenvalue weighted by atomic mass is 9.99. The van der Waals surface area contributed by atoms with E-state index in [9.17, 15) is 5.11 Å². The number of thioether (sulfide) groups is 1. The summed E-state index contributed by atoms with van der Waals surface area (Å²) in [6.45, 7) is 8.30. The van der Waals surface area contributed by atoms with Gasteiger partial charge in [-0.25, -0.2) is 0 Å². The normalized spacial score (nSPS) is 26.7. The Morgan fingerprint density at radius 2 is 1.33 bits per heavy atom. The van der Waals surface area contributed by atoms with E-state index in [0.717, 1.165) is 43.4 Å². The summed E-state index contributed by atoms with van der Waals surface area (Å²) in [5.41, 5.74) is -0.265. The van der Waals surface area contributed by atoms with Crippen molar-refractivity contribution in [2.75, 3.05) is 26.4 Å². The Bertz CT molecular complexity index is 544. The molecule has 0 spiro atoms. The molecule has 0 aromatic heterocycles. The van der Waals surface area contributed by atoms with Crippen molar-refractivity contribution in [3.05, 3.63) is 30.3 Å². The highest BCUT2D eigenvalue weighted by Gasteiger charge is 2.48. The van der Waals surface area contributed by atoms with Crippen LogP contribution in [0.15, 0.2) is 35.2 Å². The van der Waals surface area contributed by atoms with Crippen molar-refractivity contribution in [1.82, 2.24) is 0 Å². The maximum atomic E-state index is 10.1. The zero-order chi connectivity index (χ0) is 21.6. The minimum absolute atomic E-state index is 0.0992. The van der Waals surface area contributed by atoms with Crippen molar-refractivity contribution in [2.45, 2.75) is 94.0 Å². The zero-order valence-electron chi connectivity index (χ0n) is 18.8. The molecule has 2 rings (SSSR count). The van der Waals surface area contributed by atoms with Gasteiger partial charge in [0.15, 0.2) is 0 Å². The number of aliphatic hydroxyl groups is 1. The van der Waals surface area contributed by atoms with E-state index in [2.05, 4.69) is 32.9 Å². The van der Waals surface area contributed by atoms with Crippen molar-refractivity contribution >= 4 is 11.8 Å². The van der Waals surface area contributed by atoms with Gasteiger partial charge in [0, 0.05) is 24.7 Å². The fourth-order valence-electron chi connectivity index (χ4n) is 3.41. The van der Waals surface area contributed by atoms with E-state index in [-0.39, 0.29) is 30.4 Å². The van der Waals surface area contributed by atoms with Crippen LogP contribution < -0.4 is 0 Å². The average molecular weight is 441 g/mol. The molecular formula is C24H40O5S. The first-order valence-electron chi connectivity index (χ1n) is 11.6. The smallest absolute Gasteiger partial charge is 0.137 e. The van der Waals surface area contributed by atoms with Crippen LogP contribution in [0.25, 0.3) is 0 Å². The molecule has 5 nitrogen and oxygen atoms in total. The van der Waals surface area contributed by atoms with Gasteiger partial charge in [0.2, 0.25) is 0 Å². The van der Waals surface area contributed by atoms with Crippen LogP contribution in [0.3, 0.4) is 0 Å². The topological polar surface area (TPSA) is 57.2 Å². The van der Waals surface area contributed by atoms with E-state index in [1.165, 1.54) is 0 Å². The molecule has 1 N–H and O–H groups in total. The first kappa shape index (κ1) is 25.6. The van der Waals surface area contributed by atoms with E-state index in [4.69, 9.17) is 18.9 Å². The minimum Gasteiger partial charge on any atom is -0.394 e. The van der Waals surface area contributed by atoms with Gasteiger partial charge in [-0.3, -0.25) is 0 Å². The van der Waals surface area contributed by atoms with Crippen LogP contribution in [0.1, 0.15) is 59.3 Å². The third kappa shape index (κ3) is 8.13. The summed E-state index contributed by atoms with van der Waals surface area (Å²) in [6.07, 6.45) is 4.86. The first-order valence-corrected chi connectivity index (χ1v) is 12.5. The Morgan fingerprint density at radius 3 is 1.87 bits per heavy atom. The lowest BCUT2D eigenvalue weighted by Crippen LogP contribution is -2.60. The van der Waals surface area contributed by atoms with Crippen LogP contribution in [0.4, 0.5) is 0 Å². The monoisotopic (exact) mass is 440 g/mol. The fraction of sp³-hybridized carbons (Fsp3) is 0.750. The number of unbranched alkanes of at least 4 members (excludes halogenated alkanes) is 3. The predicted molar refractivity (Wildman–Crippen MR) is 122 cm³/mol. The Hall–Kier alpha value is -0.630. The summed E-state index contributed by atoms with van der Waals surface area (Å²) in [5, 5.41) is 10.1. The predicted octanol–water partition coefficient (Wildman–Crippen LogP) is 5.05. The molecule has 172 valence electrons. The maximum Gasteiger partial charge on any atom is 0.137 e. The molecule has 1 aromatic carbocycles. The molecule has 1 aliphatic heterocycles. The number of rotatable bonds is 15. The molecule has 30 heavy (non-hydrogen) atoms. The van der Waals surface area contributed by atoms with Gasteiger partial charge in [0.05, 0.1) is 6.61 Å². The lowest BCUT2D eigenvalue weighted by molar-refractivity contribution is -0.244. The summed E-state index contributed by atoms with van der Waals surface area (Å²) in [4.78, 5) is 1.11. The lowest BCUT2D eigenvalue weighted by Gasteiger charge is -2.45. The van der Waals surface area contributed by atoms with Crippen LogP contribution in [0.2, 0.25) is 0 Å². The molecule has 0 radical (unpaired) electrons. The Kier molecular flexibility index (Phi) is 13.0. The molecule has 1 saturated heterocycles. The summed E-state index contributed by atoms with van der Waals surface area (Å²) < 4.78 is 25.3. The van der Waals surface area contributed by atoms with Crippen molar-refractivity contribution in [1.29, 1.82) is 0 Å². The third-order valence-electron chi connectivity index (χ3n) is 5.19. The molecule has 1 aliphatic rings. The van der Waals surface area contributed by atoms with E-state index >= 15 is 0 Å². The molecule has 1 aromatic rings. The Morgan fingerprint density at radius 1 is 0.800 bits per heavy atom. The van der Waals surface area contributed by atoms with Gasteiger partial charge in [-0.1, -0.05) is 70.0 Å². The van der Waals surface area contributed by atoms with E-state index in [1.807, 2.05) is 18.2 Å². The van der Waals surface area contributed by atoms with Gasteiger partial charge in [-0.2, -0.15) is 0 Å². The van der Waals surface area contributed by atoms with Crippen LogP contribution in [-0.4, -0.2) is 61.4 Å². The largest absolute Gasteiger partial charge is 0.394 e. The van der Waals surface area contributed by atoms with Gasteiger partial charge >= 0.3 is 0 Å². The number of benzene rings is 1. The maximum absolute atomic E-state index is 10.1. The van der Waals surface area contributed by atoms with E-state index in [1.54, 1.807) is 11.8 Å². The van der Waals surface area contributed by atoms with Crippen molar-refractivity contribution in [3.8, 4) is 0 Å². The molecule has 0 bridgehead atoms. The van der Waals surface area contributed by atoms with Crippen LogP contribution in [0, 0.1) is 0 Å². The highest BCUT2D eigenvalue weighted by Crippen LogP contribution is 2.37. The summed E-state index contributed by atoms with van der Waals surface area (Å²) in [7, 11) is 0. The molecule has 6 heteroatoms. The van der Waals surface area contributed by atoms with Crippen molar-refractivity contribution in [3.63, 3.8) is 0 Å². The van der Waals surface area contributed by atoms with Gasteiger partial charge < -0.3 is 24.1 Å². The van der Waals surface area contributed by atoms with Crippen LogP contribution >= 0.6 is 11.8 Å². The average Bonchev–Trinajstić information content (AvgIpc) is 2.77. The molecule has 5 atom stereocenters. The molecule has 1 heterocycles.